The highest BCUT2D eigenvalue weighted by molar-refractivity contribution is 7.22. The Morgan fingerprint density at radius 2 is 1.57 bits per heavy atom. The SMILES string of the molecule is Cc1ncsc1-c1ccc(CNC(=O)[C@@H]2C[C@@H](O)CN2C(=O)[C@@H](NC(=O)COCCCCOc2ccc(-c3ccc(Oc4c(-c5ccc(F)cc5)sc5cc(O)ccc45)cc3)nc2)C(C)(C)C)cc1. The fraction of sp³-hybridized carbons (Fsp3) is 0.302. The van der Waals surface area contributed by atoms with Crippen molar-refractivity contribution in [2.75, 3.05) is 26.4 Å². The minimum Gasteiger partial charge on any atom is -0.508 e. The van der Waals surface area contributed by atoms with Gasteiger partial charge < -0.3 is 40.0 Å². The van der Waals surface area contributed by atoms with Gasteiger partial charge in [0.25, 0.3) is 0 Å². The van der Waals surface area contributed by atoms with Crippen LogP contribution in [0, 0.1) is 18.2 Å². The monoisotopic (exact) mass is 971 g/mol. The summed E-state index contributed by atoms with van der Waals surface area (Å²) in [5, 5.41) is 27.3. The van der Waals surface area contributed by atoms with E-state index in [2.05, 4.69) is 20.6 Å². The molecule has 0 spiro atoms. The molecule has 1 aliphatic heterocycles. The Morgan fingerprint density at radius 3 is 2.26 bits per heavy atom. The summed E-state index contributed by atoms with van der Waals surface area (Å²) in [5.41, 5.74) is 6.45. The standard InChI is InChI=1S/C53H54FN5O8S2/c1-32-48(68-31-57-32)35-9-7-33(8-10-35)27-56-51(63)44-25-39(61)29-59(44)52(64)50(53(2,3)4)58-46(62)30-65-23-5-6-24-66-41-20-22-43(55-28-41)34-13-18-40(19-14-34)67-47-42-21-17-38(60)26-45(42)69-49(47)36-11-15-37(54)16-12-36/h7-22,26,28,31,39,44,50,60-61H,5-6,23-25,27,29-30H2,1-4H3,(H,56,63)(H,58,62)/t39-,44+,50-/m1/s1. The molecule has 1 aliphatic rings. The third-order valence-electron chi connectivity index (χ3n) is 11.7. The van der Waals surface area contributed by atoms with Crippen molar-refractivity contribution >= 4 is 50.5 Å². The molecule has 3 aromatic heterocycles. The highest BCUT2D eigenvalue weighted by Gasteiger charge is 2.44. The largest absolute Gasteiger partial charge is 0.508 e. The first kappa shape index (κ1) is 48.7. The molecule has 3 atom stereocenters. The zero-order chi connectivity index (χ0) is 48.7. The van der Waals surface area contributed by atoms with E-state index in [1.54, 1.807) is 41.8 Å². The van der Waals surface area contributed by atoms with Gasteiger partial charge in [0, 0.05) is 41.8 Å². The molecule has 358 valence electrons. The normalized spacial score (nSPS) is 15.2. The van der Waals surface area contributed by atoms with Crippen molar-refractivity contribution in [3.05, 3.63) is 132 Å². The van der Waals surface area contributed by atoms with Crippen LogP contribution in [0.15, 0.2) is 115 Å². The highest BCUT2D eigenvalue weighted by atomic mass is 32.1. The predicted octanol–water partition coefficient (Wildman–Crippen LogP) is 9.68. The van der Waals surface area contributed by atoms with Crippen LogP contribution in [-0.4, -0.2) is 87.4 Å². The number of nitrogens with zero attached hydrogens (tertiary/aromatic N) is 3. The number of amides is 3. The number of carbonyl (C=O) groups is 3. The second-order valence-corrected chi connectivity index (χ2v) is 19.9. The van der Waals surface area contributed by atoms with Gasteiger partial charge in [0.2, 0.25) is 17.7 Å². The predicted molar refractivity (Wildman–Crippen MR) is 266 cm³/mol. The van der Waals surface area contributed by atoms with Crippen LogP contribution >= 0.6 is 22.7 Å². The van der Waals surface area contributed by atoms with Crippen molar-refractivity contribution in [1.29, 1.82) is 0 Å². The van der Waals surface area contributed by atoms with Gasteiger partial charge in [-0.2, -0.15) is 0 Å². The summed E-state index contributed by atoms with van der Waals surface area (Å²) in [5.74, 6) is 0.400. The van der Waals surface area contributed by atoms with Crippen LogP contribution in [0.25, 0.3) is 42.2 Å². The number of hydrogen-bond acceptors (Lipinski definition) is 12. The number of β-amino-alcohol motifs (C(OH)–C–C–N with tert-alkyl or cyclic N) is 1. The van der Waals surface area contributed by atoms with Crippen LogP contribution < -0.4 is 20.1 Å². The van der Waals surface area contributed by atoms with E-state index < -0.39 is 35.4 Å². The molecule has 13 nitrogen and oxygen atoms in total. The summed E-state index contributed by atoms with van der Waals surface area (Å²) in [6, 6.07) is 28.7. The molecule has 4 heterocycles. The zero-order valence-electron chi connectivity index (χ0n) is 38.7. The van der Waals surface area contributed by atoms with Gasteiger partial charge in [0.05, 0.1) is 45.6 Å². The number of hydrogen-bond donors (Lipinski definition) is 4. The van der Waals surface area contributed by atoms with E-state index in [-0.39, 0.29) is 43.6 Å². The number of phenols is 1. The average molecular weight is 972 g/mol. The number of aromatic hydroxyl groups is 1. The Labute approximate surface area is 407 Å². The van der Waals surface area contributed by atoms with E-state index >= 15 is 0 Å². The summed E-state index contributed by atoms with van der Waals surface area (Å²) in [6.45, 7) is 8.18. The van der Waals surface area contributed by atoms with Crippen molar-refractivity contribution < 1.29 is 43.2 Å². The fourth-order valence-corrected chi connectivity index (χ4v) is 10.0. The lowest BCUT2D eigenvalue weighted by molar-refractivity contribution is -0.144. The van der Waals surface area contributed by atoms with Gasteiger partial charge >= 0.3 is 0 Å². The summed E-state index contributed by atoms with van der Waals surface area (Å²) in [4.78, 5) is 52.7. The molecule has 16 heteroatoms. The summed E-state index contributed by atoms with van der Waals surface area (Å²) in [6.07, 6.45) is 2.18. The Morgan fingerprint density at radius 1 is 0.870 bits per heavy atom. The van der Waals surface area contributed by atoms with Gasteiger partial charge in [-0.05, 0) is 109 Å². The number of likely N-dealkylation sites (tertiary alicyclic amines) is 1. The van der Waals surface area contributed by atoms with Gasteiger partial charge in [0.1, 0.15) is 41.8 Å². The first-order chi connectivity index (χ1) is 33.2. The lowest BCUT2D eigenvalue weighted by Crippen LogP contribution is -2.58. The van der Waals surface area contributed by atoms with E-state index in [1.165, 1.54) is 28.4 Å². The van der Waals surface area contributed by atoms with Crippen LogP contribution in [0.1, 0.15) is 51.3 Å². The molecule has 69 heavy (non-hydrogen) atoms. The molecule has 0 bridgehead atoms. The molecule has 4 aromatic carbocycles. The number of ether oxygens (including phenoxy) is 3. The molecular formula is C53H54FN5O8S2. The van der Waals surface area contributed by atoms with E-state index in [0.717, 1.165) is 53.5 Å². The molecule has 0 aliphatic carbocycles. The molecule has 0 radical (unpaired) electrons. The first-order valence-corrected chi connectivity index (χ1v) is 24.4. The molecule has 0 saturated carbocycles. The third-order valence-corrected chi connectivity index (χ3v) is 13.9. The topological polar surface area (TPSA) is 172 Å². The van der Waals surface area contributed by atoms with Gasteiger partial charge in [-0.3, -0.25) is 19.4 Å². The Balaban J connectivity index is 0.760. The van der Waals surface area contributed by atoms with Crippen molar-refractivity contribution in [3.8, 4) is 55.1 Å². The smallest absolute Gasteiger partial charge is 0.246 e. The number of thiophene rings is 1. The number of phenolic OH excluding ortho intramolecular Hbond substituents is 1. The van der Waals surface area contributed by atoms with Crippen molar-refractivity contribution in [2.24, 2.45) is 5.41 Å². The second-order valence-electron chi connectivity index (χ2n) is 18.0. The number of aliphatic hydroxyl groups excluding tert-OH is 1. The highest BCUT2D eigenvalue weighted by Crippen LogP contribution is 2.47. The van der Waals surface area contributed by atoms with Crippen LogP contribution in [0.3, 0.4) is 0 Å². The number of aliphatic hydroxyl groups is 1. The molecule has 1 saturated heterocycles. The van der Waals surface area contributed by atoms with Crippen LogP contribution in [0.4, 0.5) is 4.39 Å². The lowest BCUT2D eigenvalue weighted by Gasteiger charge is -2.35. The van der Waals surface area contributed by atoms with Crippen molar-refractivity contribution in [2.45, 2.75) is 71.7 Å². The first-order valence-electron chi connectivity index (χ1n) is 22.7. The number of nitrogens with one attached hydrogen (secondary N) is 2. The number of aryl methyl sites for hydroxylation is 1. The molecule has 7 aromatic rings. The van der Waals surface area contributed by atoms with Crippen LogP contribution in [0.2, 0.25) is 0 Å². The summed E-state index contributed by atoms with van der Waals surface area (Å²) >= 11 is 3.03. The molecule has 8 rings (SSSR count). The molecule has 1 fully saturated rings. The van der Waals surface area contributed by atoms with Gasteiger partial charge in [0.15, 0.2) is 5.75 Å². The number of pyridine rings is 1. The molecular weight excluding hydrogens is 918 g/mol. The fourth-order valence-electron chi connectivity index (χ4n) is 8.05. The Hall–Kier alpha value is -6.72. The number of halogens is 1. The molecule has 0 unspecified atom stereocenters. The lowest BCUT2D eigenvalue weighted by atomic mass is 9.85. The maximum atomic E-state index is 14.0. The van der Waals surface area contributed by atoms with Gasteiger partial charge in [-0.25, -0.2) is 9.37 Å². The van der Waals surface area contributed by atoms with Crippen molar-refractivity contribution in [3.63, 3.8) is 0 Å². The molecule has 3 amide bonds. The number of carbonyl (C=O) groups excluding carboxylic acids is 3. The Bertz CT molecular complexity index is 2880. The van der Waals surface area contributed by atoms with E-state index in [9.17, 15) is 29.0 Å². The van der Waals surface area contributed by atoms with Gasteiger partial charge in [-0.1, -0.05) is 57.2 Å². The second kappa shape index (κ2) is 21.7. The zero-order valence-corrected chi connectivity index (χ0v) is 40.4. The number of thiazole rings is 1. The number of unbranched alkanes of at least 4 members (excludes halogenated alkanes) is 1. The number of fused-ring (bicyclic) bond motifs is 1. The van der Waals surface area contributed by atoms with E-state index in [0.29, 0.717) is 43.3 Å². The van der Waals surface area contributed by atoms with Crippen LogP contribution in [0.5, 0.6) is 23.0 Å². The summed E-state index contributed by atoms with van der Waals surface area (Å²) < 4.78 is 32.6. The maximum absolute atomic E-state index is 14.0. The molecule has 4 N–H and O–H groups in total. The number of aromatic nitrogens is 2. The minimum atomic E-state index is -0.961. The van der Waals surface area contributed by atoms with E-state index in [4.69, 9.17) is 14.2 Å². The Kier molecular flexibility index (Phi) is 15.3. The quantitative estimate of drug-likeness (QED) is 0.0607. The third kappa shape index (κ3) is 12.1. The maximum Gasteiger partial charge on any atom is 0.246 e. The minimum absolute atomic E-state index is 0.0164. The van der Waals surface area contributed by atoms with E-state index in [1.807, 2.05) is 99.9 Å². The van der Waals surface area contributed by atoms with Crippen LogP contribution in [-0.2, 0) is 25.7 Å². The summed E-state index contributed by atoms with van der Waals surface area (Å²) in [7, 11) is 0. The average Bonchev–Trinajstić information content (AvgIpc) is 4.06. The number of rotatable bonds is 18. The van der Waals surface area contributed by atoms with Gasteiger partial charge in [-0.15, -0.1) is 22.7 Å². The number of benzene rings is 4. The van der Waals surface area contributed by atoms with Crippen molar-refractivity contribution in [1.82, 2.24) is 25.5 Å².